The van der Waals surface area contributed by atoms with Crippen LogP contribution in [0.4, 0.5) is 0 Å². The Bertz CT molecular complexity index is 253. The Morgan fingerprint density at radius 3 is 2.44 bits per heavy atom. The third-order valence-electron chi connectivity index (χ3n) is 3.90. The quantitative estimate of drug-likeness (QED) is 0.498. The number of guanidine groups is 1. The van der Waals surface area contributed by atoms with E-state index in [-0.39, 0.29) is 12.1 Å². The highest BCUT2D eigenvalue weighted by atomic mass is 16.3. The van der Waals surface area contributed by atoms with Gasteiger partial charge >= 0.3 is 0 Å². The molecule has 2 aliphatic carbocycles. The lowest BCUT2D eigenvalue weighted by molar-refractivity contribution is 0.182. The van der Waals surface area contributed by atoms with Crippen molar-refractivity contribution in [2.45, 2.75) is 62.9 Å². The molecule has 0 aromatic rings. The number of aliphatic imine (C=N–C) groups is 1. The summed E-state index contributed by atoms with van der Waals surface area (Å²) < 4.78 is 0. The standard InChI is InChI=1S/C12H23N3O/c13-11(14-10-5-1-2-6-10)15-12(9-16)7-3-4-8-12/h10,16H,1-9H2,(H3,13,14,15). The minimum Gasteiger partial charge on any atom is -0.394 e. The molecule has 0 spiro atoms. The average molecular weight is 225 g/mol. The van der Waals surface area contributed by atoms with Gasteiger partial charge in [-0.25, -0.2) is 0 Å². The van der Waals surface area contributed by atoms with Crippen molar-refractivity contribution in [2.24, 2.45) is 10.7 Å². The lowest BCUT2D eigenvalue weighted by Gasteiger charge is -2.28. The van der Waals surface area contributed by atoms with Crippen LogP contribution in [0.2, 0.25) is 0 Å². The van der Waals surface area contributed by atoms with Crippen LogP contribution in [-0.4, -0.2) is 29.3 Å². The number of aliphatic hydroxyl groups is 1. The zero-order valence-electron chi connectivity index (χ0n) is 9.91. The van der Waals surface area contributed by atoms with Gasteiger partial charge in [-0.3, -0.25) is 4.99 Å². The van der Waals surface area contributed by atoms with Gasteiger partial charge in [0.2, 0.25) is 0 Å². The van der Waals surface area contributed by atoms with Gasteiger partial charge in [-0.1, -0.05) is 25.7 Å². The molecule has 2 saturated carbocycles. The van der Waals surface area contributed by atoms with Crippen molar-refractivity contribution in [1.82, 2.24) is 5.32 Å². The molecule has 2 rings (SSSR count). The van der Waals surface area contributed by atoms with Gasteiger partial charge in [0.1, 0.15) is 0 Å². The van der Waals surface area contributed by atoms with Gasteiger partial charge in [-0.2, -0.15) is 0 Å². The molecule has 16 heavy (non-hydrogen) atoms. The van der Waals surface area contributed by atoms with Crippen molar-refractivity contribution < 1.29 is 5.11 Å². The Balaban J connectivity index is 1.91. The molecule has 92 valence electrons. The molecule has 0 saturated heterocycles. The first-order valence-electron chi connectivity index (χ1n) is 6.46. The molecule has 0 radical (unpaired) electrons. The fraction of sp³-hybridized carbons (Fsp3) is 0.917. The molecule has 4 nitrogen and oxygen atoms in total. The maximum Gasteiger partial charge on any atom is 0.189 e. The number of nitrogens with two attached hydrogens (primary N) is 1. The summed E-state index contributed by atoms with van der Waals surface area (Å²) in [6, 6.07) is 0.407. The zero-order chi connectivity index (χ0) is 11.4. The van der Waals surface area contributed by atoms with E-state index in [0.29, 0.717) is 12.0 Å². The van der Waals surface area contributed by atoms with Crippen molar-refractivity contribution >= 4 is 5.96 Å². The molecule has 0 aromatic heterocycles. The molecular formula is C12H23N3O. The summed E-state index contributed by atoms with van der Waals surface area (Å²) in [7, 11) is 0. The highest BCUT2D eigenvalue weighted by molar-refractivity contribution is 5.79. The monoisotopic (exact) mass is 225 g/mol. The van der Waals surface area contributed by atoms with Gasteiger partial charge in [-0.15, -0.1) is 0 Å². The third-order valence-corrected chi connectivity index (χ3v) is 3.90. The summed E-state index contributed by atoms with van der Waals surface area (Å²) in [5.74, 6) is 0.530. The first kappa shape index (κ1) is 11.7. The second-order valence-corrected chi connectivity index (χ2v) is 5.22. The Morgan fingerprint density at radius 1 is 1.25 bits per heavy atom. The maximum atomic E-state index is 9.45. The molecule has 0 atom stereocenters. The van der Waals surface area contributed by atoms with Crippen molar-refractivity contribution in [2.75, 3.05) is 6.61 Å². The second kappa shape index (κ2) is 5.04. The van der Waals surface area contributed by atoms with Crippen LogP contribution >= 0.6 is 0 Å². The van der Waals surface area contributed by atoms with Crippen molar-refractivity contribution in [1.29, 1.82) is 0 Å². The lowest BCUT2D eigenvalue weighted by Crippen LogP contribution is -2.52. The molecule has 0 heterocycles. The van der Waals surface area contributed by atoms with Crippen LogP contribution < -0.4 is 11.1 Å². The van der Waals surface area contributed by atoms with Gasteiger partial charge in [0, 0.05) is 0 Å². The van der Waals surface area contributed by atoms with Gasteiger partial charge in [0.25, 0.3) is 0 Å². The molecule has 0 aromatic carbocycles. The van der Waals surface area contributed by atoms with Crippen LogP contribution in [0.1, 0.15) is 51.4 Å². The van der Waals surface area contributed by atoms with Crippen molar-refractivity contribution in [3.05, 3.63) is 0 Å². The summed E-state index contributed by atoms with van der Waals surface area (Å²) in [5.41, 5.74) is 5.73. The number of nitrogens with one attached hydrogen (secondary N) is 1. The molecule has 2 fully saturated rings. The maximum absolute atomic E-state index is 9.45. The largest absolute Gasteiger partial charge is 0.394 e. The highest BCUT2D eigenvalue weighted by Crippen LogP contribution is 2.29. The van der Waals surface area contributed by atoms with Gasteiger partial charge < -0.3 is 16.2 Å². The summed E-state index contributed by atoms with van der Waals surface area (Å²) in [4.78, 5) is 4.50. The second-order valence-electron chi connectivity index (χ2n) is 5.22. The van der Waals surface area contributed by atoms with E-state index in [1.165, 1.54) is 25.7 Å². The van der Waals surface area contributed by atoms with Crippen molar-refractivity contribution in [3.63, 3.8) is 0 Å². The first-order valence-corrected chi connectivity index (χ1v) is 6.46. The van der Waals surface area contributed by atoms with Crippen LogP contribution in [0.15, 0.2) is 4.99 Å². The Hall–Kier alpha value is -0.770. The molecule has 0 bridgehead atoms. The molecule has 0 unspecified atom stereocenters. The number of aliphatic hydroxyl groups excluding tert-OH is 1. The number of hydrogen-bond acceptors (Lipinski definition) is 2. The van der Waals surface area contributed by atoms with Crippen molar-refractivity contribution in [3.8, 4) is 0 Å². The SMILES string of the molecule is NC(=NC1CCCC1)NC1(CO)CCCC1. The van der Waals surface area contributed by atoms with Crippen LogP contribution in [0.25, 0.3) is 0 Å². The van der Waals surface area contributed by atoms with E-state index in [1.54, 1.807) is 0 Å². The third kappa shape index (κ3) is 2.67. The molecule has 0 aliphatic heterocycles. The van der Waals surface area contributed by atoms with E-state index >= 15 is 0 Å². The predicted molar refractivity (Wildman–Crippen MR) is 65.3 cm³/mol. The van der Waals surface area contributed by atoms with E-state index in [9.17, 15) is 5.11 Å². The summed E-state index contributed by atoms with van der Waals surface area (Å²) in [6.07, 6.45) is 9.21. The summed E-state index contributed by atoms with van der Waals surface area (Å²) >= 11 is 0. The number of rotatable bonds is 3. The average Bonchev–Trinajstić information content (AvgIpc) is 2.90. The smallest absolute Gasteiger partial charge is 0.189 e. The predicted octanol–water partition coefficient (Wildman–Crippen LogP) is 1.14. The van der Waals surface area contributed by atoms with E-state index in [2.05, 4.69) is 10.3 Å². The first-order chi connectivity index (χ1) is 7.74. The topological polar surface area (TPSA) is 70.6 Å². The Morgan fingerprint density at radius 2 is 1.88 bits per heavy atom. The van der Waals surface area contributed by atoms with Gasteiger partial charge in [-0.05, 0) is 25.7 Å². The lowest BCUT2D eigenvalue weighted by atomic mass is 9.99. The minimum absolute atomic E-state index is 0.161. The summed E-state index contributed by atoms with van der Waals surface area (Å²) in [5, 5.41) is 12.7. The van der Waals surface area contributed by atoms with Crippen LogP contribution in [0.3, 0.4) is 0 Å². The normalized spacial score (nSPS) is 26.2. The van der Waals surface area contributed by atoms with Gasteiger partial charge in [0.05, 0.1) is 18.2 Å². The highest BCUT2D eigenvalue weighted by Gasteiger charge is 2.33. The number of nitrogens with zero attached hydrogens (tertiary/aromatic N) is 1. The summed E-state index contributed by atoms with van der Waals surface area (Å²) in [6.45, 7) is 0.161. The van der Waals surface area contributed by atoms with E-state index in [4.69, 9.17) is 5.73 Å². The van der Waals surface area contributed by atoms with Crippen LogP contribution in [-0.2, 0) is 0 Å². The molecule has 4 N–H and O–H groups in total. The fourth-order valence-electron chi connectivity index (χ4n) is 2.91. The zero-order valence-corrected chi connectivity index (χ0v) is 9.91. The molecule has 4 heteroatoms. The van der Waals surface area contributed by atoms with E-state index in [0.717, 1.165) is 25.7 Å². The van der Waals surface area contributed by atoms with E-state index in [1.807, 2.05) is 0 Å². The van der Waals surface area contributed by atoms with Gasteiger partial charge in [0.15, 0.2) is 5.96 Å². The molecule has 2 aliphatic rings. The minimum atomic E-state index is -0.188. The number of hydrogen-bond donors (Lipinski definition) is 3. The molecular weight excluding hydrogens is 202 g/mol. The van der Waals surface area contributed by atoms with Crippen LogP contribution in [0.5, 0.6) is 0 Å². The fourth-order valence-corrected chi connectivity index (χ4v) is 2.91. The van der Waals surface area contributed by atoms with E-state index < -0.39 is 0 Å². The Kier molecular flexibility index (Phi) is 3.69. The van der Waals surface area contributed by atoms with Crippen LogP contribution in [0, 0.1) is 0 Å². The Labute approximate surface area is 97.3 Å². The molecule has 0 amide bonds.